The SMILES string of the molecule is CC(C)CC(C)OCC(CO)NC(C)C. The van der Waals surface area contributed by atoms with Crippen molar-refractivity contribution in [2.75, 3.05) is 13.2 Å². The van der Waals surface area contributed by atoms with Crippen LogP contribution in [-0.4, -0.2) is 36.5 Å². The highest BCUT2D eigenvalue weighted by Gasteiger charge is 2.11. The van der Waals surface area contributed by atoms with Crippen LogP contribution in [-0.2, 0) is 4.74 Å². The molecule has 0 aliphatic rings. The van der Waals surface area contributed by atoms with Crippen LogP contribution >= 0.6 is 0 Å². The molecule has 0 saturated heterocycles. The first-order chi connectivity index (χ1) is 6.95. The molecule has 3 heteroatoms. The van der Waals surface area contributed by atoms with Crippen molar-refractivity contribution >= 4 is 0 Å². The Balaban J connectivity index is 3.69. The summed E-state index contributed by atoms with van der Waals surface area (Å²) in [5.41, 5.74) is 0. The fourth-order valence-corrected chi connectivity index (χ4v) is 1.64. The Kier molecular flexibility index (Phi) is 8.02. The largest absolute Gasteiger partial charge is 0.395 e. The number of hydrogen-bond donors (Lipinski definition) is 2. The molecule has 0 saturated carbocycles. The Labute approximate surface area is 94.2 Å². The third-order valence-electron chi connectivity index (χ3n) is 2.17. The fraction of sp³-hybridized carbons (Fsp3) is 1.00. The molecule has 0 spiro atoms. The molecular formula is C12H27NO2. The Morgan fingerprint density at radius 3 is 2.13 bits per heavy atom. The predicted octanol–water partition coefficient (Wildman–Crippen LogP) is 1.80. The van der Waals surface area contributed by atoms with Crippen molar-refractivity contribution in [3.05, 3.63) is 0 Å². The lowest BCUT2D eigenvalue weighted by atomic mass is 10.1. The Bertz CT molecular complexity index is 149. The molecule has 92 valence electrons. The summed E-state index contributed by atoms with van der Waals surface area (Å²) in [4.78, 5) is 0. The number of nitrogens with one attached hydrogen (secondary N) is 1. The molecule has 0 aliphatic heterocycles. The third kappa shape index (κ3) is 8.85. The molecule has 2 N–H and O–H groups in total. The lowest BCUT2D eigenvalue weighted by Crippen LogP contribution is -2.41. The molecule has 0 amide bonds. The van der Waals surface area contributed by atoms with Gasteiger partial charge in [0.05, 0.1) is 25.4 Å². The van der Waals surface area contributed by atoms with Crippen LogP contribution in [0, 0.1) is 5.92 Å². The molecule has 0 aromatic carbocycles. The maximum atomic E-state index is 9.13. The summed E-state index contributed by atoms with van der Waals surface area (Å²) in [6.45, 7) is 11.3. The molecular weight excluding hydrogens is 190 g/mol. The lowest BCUT2D eigenvalue weighted by molar-refractivity contribution is 0.0249. The van der Waals surface area contributed by atoms with Gasteiger partial charge in [0.15, 0.2) is 0 Å². The van der Waals surface area contributed by atoms with Crippen molar-refractivity contribution in [1.82, 2.24) is 5.32 Å². The molecule has 15 heavy (non-hydrogen) atoms. The summed E-state index contributed by atoms with van der Waals surface area (Å²) < 4.78 is 5.68. The smallest absolute Gasteiger partial charge is 0.0645 e. The van der Waals surface area contributed by atoms with Gasteiger partial charge in [-0.15, -0.1) is 0 Å². The summed E-state index contributed by atoms with van der Waals surface area (Å²) in [6.07, 6.45) is 1.34. The molecule has 0 heterocycles. The number of rotatable bonds is 8. The highest BCUT2D eigenvalue weighted by molar-refractivity contribution is 4.68. The van der Waals surface area contributed by atoms with Crippen molar-refractivity contribution in [2.24, 2.45) is 5.92 Å². The van der Waals surface area contributed by atoms with Gasteiger partial charge in [0.2, 0.25) is 0 Å². The van der Waals surface area contributed by atoms with Crippen LogP contribution in [0.15, 0.2) is 0 Å². The summed E-state index contributed by atoms with van der Waals surface area (Å²) >= 11 is 0. The van der Waals surface area contributed by atoms with Crippen LogP contribution in [0.3, 0.4) is 0 Å². The van der Waals surface area contributed by atoms with Crippen molar-refractivity contribution in [2.45, 2.75) is 59.2 Å². The summed E-state index contributed by atoms with van der Waals surface area (Å²) in [7, 11) is 0. The van der Waals surface area contributed by atoms with Crippen LogP contribution in [0.2, 0.25) is 0 Å². The molecule has 2 atom stereocenters. The number of aliphatic hydroxyl groups excluding tert-OH is 1. The van der Waals surface area contributed by atoms with Gasteiger partial charge < -0.3 is 15.2 Å². The highest BCUT2D eigenvalue weighted by Crippen LogP contribution is 2.07. The number of aliphatic hydroxyl groups is 1. The van der Waals surface area contributed by atoms with E-state index in [1.54, 1.807) is 0 Å². The molecule has 0 radical (unpaired) electrons. The van der Waals surface area contributed by atoms with E-state index in [9.17, 15) is 0 Å². The van der Waals surface area contributed by atoms with Gasteiger partial charge in [0, 0.05) is 6.04 Å². The van der Waals surface area contributed by atoms with Gasteiger partial charge in [-0.1, -0.05) is 27.7 Å². The van der Waals surface area contributed by atoms with E-state index in [1.807, 2.05) is 0 Å². The Morgan fingerprint density at radius 2 is 1.73 bits per heavy atom. The van der Waals surface area contributed by atoms with Crippen LogP contribution in [0.5, 0.6) is 0 Å². The van der Waals surface area contributed by atoms with Crippen molar-refractivity contribution in [3.8, 4) is 0 Å². The highest BCUT2D eigenvalue weighted by atomic mass is 16.5. The Hall–Kier alpha value is -0.120. The molecule has 0 bridgehead atoms. The van der Waals surface area contributed by atoms with E-state index in [4.69, 9.17) is 9.84 Å². The van der Waals surface area contributed by atoms with E-state index < -0.39 is 0 Å². The second kappa shape index (κ2) is 8.08. The van der Waals surface area contributed by atoms with Gasteiger partial charge in [-0.05, 0) is 19.3 Å². The van der Waals surface area contributed by atoms with Crippen LogP contribution in [0.1, 0.15) is 41.0 Å². The van der Waals surface area contributed by atoms with Crippen molar-refractivity contribution < 1.29 is 9.84 Å². The zero-order chi connectivity index (χ0) is 11.8. The molecule has 0 aliphatic carbocycles. The Morgan fingerprint density at radius 1 is 1.13 bits per heavy atom. The molecule has 0 rings (SSSR count). The van der Waals surface area contributed by atoms with E-state index in [1.165, 1.54) is 0 Å². The van der Waals surface area contributed by atoms with E-state index >= 15 is 0 Å². The topological polar surface area (TPSA) is 41.5 Å². The standard InChI is InChI=1S/C12H27NO2/c1-9(2)6-11(5)15-8-12(7-14)13-10(3)4/h9-14H,6-8H2,1-5H3. The second-order valence-corrected chi connectivity index (χ2v) is 4.97. The maximum absolute atomic E-state index is 9.13. The number of ether oxygens (including phenoxy) is 1. The second-order valence-electron chi connectivity index (χ2n) is 4.97. The fourth-order valence-electron chi connectivity index (χ4n) is 1.64. The molecule has 2 unspecified atom stereocenters. The first kappa shape index (κ1) is 14.9. The van der Waals surface area contributed by atoms with Crippen molar-refractivity contribution in [1.29, 1.82) is 0 Å². The van der Waals surface area contributed by atoms with Gasteiger partial charge in [0.1, 0.15) is 0 Å². The molecule has 0 aromatic rings. The quantitative estimate of drug-likeness (QED) is 0.651. The minimum Gasteiger partial charge on any atom is -0.395 e. The molecule has 0 aromatic heterocycles. The summed E-state index contributed by atoms with van der Waals surface area (Å²) in [5, 5.41) is 12.4. The maximum Gasteiger partial charge on any atom is 0.0645 e. The predicted molar refractivity (Wildman–Crippen MR) is 64.0 cm³/mol. The molecule has 3 nitrogen and oxygen atoms in total. The summed E-state index contributed by atoms with van der Waals surface area (Å²) in [5.74, 6) is 0.658. The van der Waals surface area contributed by atoms with Crippen LogP contribution in [0.4, 0.5) is 0 Å². The first-order valence-electron chi connectivity index (χ1n) is 5.94. The summed E-state index contributed by atoms with van der Waals surface area (Å²) in [6, 6.07) is 0.436. The van der Waals surface area contributed by atoms with E-state index in [2.05, 4.69) is 39.9 Å². The minimum absolute atomic E-state index is 0.0552. The van der Waals surface area contributed by atoms with Gasteiger partial charge in [-0.2, -0.15) is 0 Å². The van der Waals surface area contributed by atoms with Gasteiger partial charge in [-0.25, -0.2) is 0 Å². The van der Waals surface area contributed by atoms with Crippen LogP contribution < -0.4 is 5.32 Å². The average molecular weight is 217 g/mol. The lowest BCUT2D eigenvalue weighted by Gasteiger charge is -2.22. The van der Waals surface area contributed by atoms with E-state index in [0.717, 1.165) is 6.42 Å². The van der Waals surface area contributed by atoms with Crippen molar-refractivity contribution in [3.63, 3.8) is 0 Å². The average Bonchev–Trinajstić information content (AvgIpc) is 2.10. The van der Waals surface area contributed by atoms with E-state index in [0.29, 0.717) is 18.6 Å². The number of hydrogen-bond acceptors (Lipinski definition) is 3. The van der Waals surface area contributed by atoms with Gasteiger partial charge >= 0.3 is 0 Å². The van der Waals surface area contributed by atoms with Gasteiger partial charge in [0.25, 0.3) is 0 Å². The first-order valence-corrected chi connectivity index (χ1v) is 5.94. The zero-order valence-electron chi connectivity index (χ0n) is 10.8. The van der Waals surface area contributed by atoms with E-state index in [-0.39, 0.29) is 18.8 Å². The molecule has 0 fully saturated rings. The monoisotopic (exact) mass is 217 g/mol. The minimum atomic E-state index is 0.0552. The van der Waals surface area contributed by atoms with Crippen LogP contribution in [0.25, 0.3) is 0 Å². The van der Waals surface area contributed by atoms with Gasteiger partial charge in [-0.3, -0.25) is 0 Å². The zero-order valence-corrected chi connectivity index (χ0v) is 10.8. The third-order valence-corrected chi connectivity index (χ3v) is 2.17. The normalized spacial score (nSPS) is 16.0.